The van der Waals surface area contributed by atoms with Gasteiger partial charge < -0.3 is 19.5 Å². The molecule has 0 radical (unpaired) electrons. The van der Waals surface area contributed by atoms with Crippen LogP contribution in [0.2, 0.25) is 0 Å². The number of hydrogen-bond acceptors (Lipinski definition) is 6. The summed E-state index contributed by atoms with van der Waals surface area (Å²) in [5.41, 5.74) is 1.25. The summed E-state index contributed by atoms with van der Waals surface area (Å²) in [6.45, 7) is 1.53. The monoisotopic (exact) mass is 267 g/mol. The van der Waals surface area contributed by atoms with Crippen molar-refractivity contribution in [1.29, 1.82) is 0 Å². The van der Waals surface area contributed by atoms with E-state index in [0.29, 0.717) is 5.69 Å². The maximum atomic E-state index is 11.3. The van der Waals surface area contributed by atoms with Gasteiger partial charge >= 0.3 is 11.9 Å². The lowest BCUT2D eigenvalue weighted by molar-refractivity contribution is -0.140. The number of nitrogens with zero attached hydrogens (tertiary/aromatic N) is 1. The van der Waals surface area contributed by atoms with E-state index < -0.39 is 11.9 Å². The topological polar surface area (TPSA) is 76.1 Å². The number of carbonyl (C=O) groups excluding carboxylic acids is 2. The number of ether oxygens (including phenoxy) is 2. The first-order valence-electron chi connectivity index (χ1n) is 5.66. The van der Waals surface area contributed by atoms with Crippen molar-refractivity contribution in [1.82, 2.24) is 0 Å². The molecule has 0 saturated carbocycles. The van der Waals surface area contributed by atoms with E-state index in [1.165, 1.54) is 19.1 Å². The molecule has 0 amide bonds. The Balaban J connectivity index is 3.00. The first-order chi connectivity index (χ1) is 8.97. The fraction of sp³-hybridized carbons (Fsp3) is 0.385. The average Bonchev–Trinajstić information content (AvgIpc) is 2.37. The van der Waals surface area contributed by atoms with E-state index in [-0.39, 0.29) is 18.8 Å². The summed E-state index contributed by atoms with van der Waals surface area (Å²) in [5.74, 6) is -1.03. The zero-order valence-electron chi connectivity index (χ0n) is 11.2. The molecule has 6 nitrogen and oxygen atoms in total. The highest BCUT2D eigenvalue weighted by Crippen LogP contribution is 2.27. The first kappa shape index (κ1) is 14.8. The molecule has 0 spiro atoms. The summed E-state index contributed by atoms with van der Waals surface area (Å²) < 4.78 is 9.13. The number of carbonyl (C=O) groups is 2. The molecule has 1 aromatic carbocycles. The average molecular weight is 267 g/mol. The van der Waals surface area contributed by atoms with E-state index in [9.17, 15) is 14.7 Å². The molecule has 6 heteroatoms. The summed E-state index contributed by atoms with van der Waals surface area (Å²) in [6.07, 6.45) is 0. The van der Waals surface area contributed by atoms with Gasteiger partial charge in [0.25, 0.3) is 0 Å². The van der Waals surface area contributed by atoms with Crippen LogP contribution in [0.5, 0.6) is 5.75 Å². The summed E-state index contributed by atoms with van der Waals surface area (Å²) in [4.78, 5) is 24.1. The number of esters is 2. The van der Waals surface area contributed by atoms with Gasteiger partial charge in [-0.2, -0.15) is 0 Å². The zero-order chi connectivity index (χ0) is 14.4. The molecule has 104 valence electrons. The molecule has 0 heterocycles. The van der Waals surface area contributed by atoms with Crippen molar-refractivity contribution in [3.63, 3.8) is 0 Å². The third-order valence-corrected chi connectivity index (χ3v) is 2.57. The lowest BCUT2D eigenvalue weighted by Gasteiger charge is -2.23. The van der Waals surface area contributed by atoms with Crippen LogP contribution in [0, 0.1) is 6.92 Å². The minimum absolute atomic E-state index is 0.00666. The Labute approximate surface area is 111 Å². The first-order valence-corrected chi connectivity index (χ1v) is 5.66. The molecular formula is C13H17NO5. The summed E-state index contributed by atoms with van der Waals surface area (Å²) >= 11 is 0. The van der Waals surface area contributed by atoms with Crippen LogP contribution in [0.25, 0.3) is 0 Å². The Morgan fingerprint density at radius 2 is 1.68 bits per heavy atom. The number of aromatic hydroxyl groups is 1. The standard InChI is InChI=1S/C13H17NO5/c1-9-4-5-10(11(15)6-9)14(7-12(16)18-2)8-13(17)19-3/h4-6,15H,7-8H2,1-3H3. The van der Waals surface area contributed by atoms with E-state index in [2.05, 4.69) is 9.47 Å². The minimum atomic E-state index is -0.510. The normalized spacial score (nSPS) is 9.84. The van der Waals surface area contributed by atoms with Crippen molar-refractivity contribution < 1.29 is 24.2 Å². The predicted octanol–water partition coefficient (Wildman–Crippen LogP) is 0.853. The third kappa shape index (κ3) is 4.17. The summed E-state index contributed by atoms with van der Waals surface area (Å²) in [7, 11) is 2.52. The van der Waals surface area contributed by atoms with Crippen molar-refractivity contribution >= 4 is 17.6 Å². The quantitative estimate of drug-likeness (QED) is 0.797. The second-order valence-electron chi connectivity index (χ2n) is 4.00. The van der Waals surface area contributed by atoms with Crippen LogP contribution in [0.3, 0.4) is 0 Å². The van der Waals surface area contributed by atoms with Crippen molar-refractivity contribution in [2.45, 2.75) is 6.92 Å². The number of anilines is 1. The highest BCUT2D eigenvalue weighted by molar-refractivity contribution is 5.82. The molecular weight excluding hydrogens is 250 g/mol. The number of phenolic OH excluding ortho intramolecular Hbond substituents is 1. The summed E-state index contributed by atoms with van der Waals surface area (Å²) in [5, 5.41) is 9.89. The molecule has 0 aliphatic carbocycles. The van der Waals surface area contributed by atoms with Crippen molar-refractivity contribution in [2.24, 2.45) is 0 Å². The van der Waals surface area contributed by atoms with Gasteiger partial charge in [0.15, 0.2) is 0 Å². The smallest absolute Gasteiger partial charge is 0.325 e. The van der Waals surface area contributed by atoms with E-state index in [1.54, 1.807) is 18.2 Å². The molecule has 0 aliphatic rings. The minimum Gasteiger partial charge on any atom is -0.506 e. The molecule has 0 aliphatic heterocycles. The molecule has 1 rings (SSSR count). The van der Waals surface area contributed by atoms with Crippen LogP contribution in [-0.4, -0.2) is 44.4 Å². The number of rotatable bonds is 5. The van der Waals surface area contributed by atoms with Gasteiger partial charge in [-0.1, -0.05) is 6.07 Å². The molecule has 0 bridgehead atoms. The van der Waals surface area contributed by atoms with E-state index in [4.69, 9.17) is 0 Å². The largest absolute Gasteiger partial charge is 0.506 e. The number of methoxy groups -OCH3 is 2. The van der Waals surface area contributed by atoms with Gasteiger partial charge in [0, 0.05) is 0 Å². The predicted molar refractivity (Wildman–Crippen MR) is 69.1 cm³/mol. The Kier molecular flexibility index (Phi) is 5.17. The Morgan fingerprint density at radius 1 is 1.16 bits per heavy atom. The van der Waals surface area contributed by atoms with Crippen molar-refractivity contribution in [2.75, 3.05) is 32.2 Å². The van der Waals surface area contributed by atoms with E-state index in [0.717, 1.165) is 5.56 Å². The van der Waals surface area contributed by atoms with Gasteiger partial charge in [-0.05, 0) is 24.6 Å². The molecule has 1 N–H and O–H groups in total. The number of aryl methyl sites for hydroxylation is 1. The maximum absolute atomic E-state index is 11.3. The van der Waals surface area contributed by atoms with Gasteiger partial charge in [-0.25, -0.2) is 0 Å². The van der Waals surface area contributed by atoms with Crippen LogP contribution in [0.15, 0.2) is 18.2 Å². The lowest BCUT2D eigenvalue weighted by Crippen LogP contribution is -2.35. The Hall–Kier alpha value is -2.24. The fourth-order valence-corrected chi connectivity index (χ4v) is 1.57. The van der Waals surface area contributed by atoms with E-state index >= 15 is 0 Å². The fourth-order valence-electron chi connectivity index (χ4n) is 1.57. The van der Waals surface area contributed by atoms with Crippen LogP contribution in [-0.2, 0) is 19.1 Å². The van der Waals surface area contributed by atoms with E-state index in [1.807, 2.05) is 6.92 Å². The third-order valence-electron chi connectivity index (χ3n) is 2.57. The van der Waals surface area contributed by atoms with Crippen LogP contribution < -0.4 is 4.90 Å². The molecule has 0 unspecified atom stereocenters. The second-order valence-corrected chi connectivity index (χ2v) is 4.00. The Bertz CT molecular complexity index is 454. The Morgan fingerprint density at radius 3 is 2.11 bits per heavy atom. The highest BCUT2D eigenvalue weighted by Gasteiger charge is 2.18. The molecule has 0 aromatic heterocycles. The number of hydrogen-bond donors (Lipinski definition) is 1. The molecule has 1 aromatic rings. The van der Waals surface area contributed by atoms with Gasteiger partial charge in [0.1, 0.15) is 18.8 Å². The lowest BCUT2D eigenvalue weighted by atomic mass is 10.2. The highest BCUT2D eigenvalue weighted by atomic mass is 16.5. The SMILES string of the molecule is COC(=O)CN(CC(=O)OC)c1ccc(C)cc1O. The van der Waals surface area contributed by atoms with Crippen LogP contribution >= 0.6 is 0 Å². The maximum Gasteiger partial charge on any atom is 0.325 e. The molecule has 19 heavy (non-hydrogen) atoms. The number of benzene rings is 1. The molecule has 0 saturated heterocycles. The van der Waals surface area contributed by atoms with Gasteiger partial charge in [0.2, 0.25) is 0 Å². The van der Waals surface area contributed by atoms with Crippen molar-refractivity contribution in [3.05, 3.63) is 23.8 Å². The second kappa shape index (κ2) is 6.63. The zero-order valence-corrected chi connectivity index (χ0v) is 11.2. The van der Waals surface area contributed by atoms with Crippen molar-refractivity contribution in [3.8, 4) is 5.75 Å². The molecule has 0 atom stereocenters. The van der Waals surface area contributed by atoms with Gasteiger partial charge in [-0.15, -0.1) is 0 Å². The molecule has 0 fully saturated rings. The summed E-state index contributed by atoms with van der Waals surface area (Å²) in [6, 6.07) is 4.96. The van der Waals surface area contributed by atoms with Gasteiger partial charge in [-0.3, -0.25) is 9.59 Å². The number of phenols is 1. The van der Waals surface area contributed by atoms with Gasteiger partial charge in [0.05, 0.1) is 19.9 Å². The van der Waals surface area contributed by atoms with Crippen LogP contribution in [0.4, 0.5) is 5.69 Å². The van der Waals surface area contributed by atoms with Crippen LogP contribution in [0.1, 0.15) is 5.56 Å².